The number of H-pyrrole nitrogens is 1. The normalized spacial score (nSPS) is 12.4. The number of phenols is 1. The van der Waals surface area contributed by atoms with E-state index in [9.17, 15) is 20.0 Å². The molecule has 1 atom stereocenters. The van der Waals surface area contributed by atoms with Crippen molar-refractivity contribution in [3.8, 4) is 5.75 Å². The summed E-state index contributed by atoms with van der Waals surface area (Å²) in [5.74, 6) is -1.38. The minimum Gasteiger partial charge on any atom is -0.507 e. The summed E-state index contributed by atoms with van der Waals surface area (Å²) in [5.41, 5.74) is 0.442. The zero-order valence-corrected chi connectivity index (χ0v) is 11.2. The first-order valence-corrected chi connectivity index (χ1v) is 6.18. The van der Waals surface area contributed by atoms with Crippen molar-refractivity contribution < 1.29 is 19.9 Å². The van der Waals surface area contributed by atoms with Crippen LogP contribution in [0.4, 0.5) is 5.69 Å². The van der Waals surface area contributed by atoms with Gasteiger partial charge in [-0.2, -0.15) is 0 Å². The number of aliphatic imine (C=N–C) groups is 1. The summed E-state index contributed by atoms with van der Waals surface area (Å²) < 4.78 is 0. The van der Waals surface area contributed by atoms with Crippen LogP contribution in [0.2, 0.25) is 0 Å². The quantitative estimate of drug-likeness (QED) is 0.415. The van der Waals surface area contributed by atoms with Gasteiger partial charge in [0, 0.05) is 42.2 Å². The minimum absolute atomic E-state index is 0.0741. The Balaban J connectivity index is 2.22. The number of imidazole rings is 1. The SMILES string of the molecule is O=C(O)C(Cc1cnc[nH]1)N=Cc1cc([N+](=O)[O-])ccc1O. The molecule has 0 spiro atoms. The van der Waals surface area contributed by atoms with Crippen molar-refractivity contribution in [3.63, 3.8) is 0 Å². The molecule has 9 heteroatoms. The molecule has 1 heterocycles. The summed E-state index contributed by atoms with van der Waals surface area (Å²) in [6.45, 7) is 0. The predicted molar refractivity (Wildman–Crippen MR) is 76.1 cm³/mol. The fourth-order valence-corrected chi connectivity index (χ4v) is 1.74. The highest BCUT2D eigenvalue weighted by molar-refractivity contribution is 5.87. The van der Waals surface area contributed by atoms with E-state index < -0.39 is 16.9 Å². The summed E-state index contributed by atoms with van der Waals surface area (Å²) in [6, 6.07) is 2.32. The topological polar surface area (TPSA) is 142 Å². The second-order valence-corrected chi connectivity index (χ2v) is 4.41. The van der Waals surface area contributed by atoms with Crippen LogP contribution in [0.5, 0.6) is 5.75 Å². The van der Waals surface area contributed by atoms with Gasteiger partial charge in [-0.1, -0.05) is 0 Å². The Morgan fingerprint density at radius 2 is 2.32 bits per heavy atom. The molecule has 0 aliphatic carbocycles. The van der Waals surface area contributed by atoms with Crippen molar-refractivity contribution in [2.45, 2.75) is 12.5 Å². The van der Waals surface area contributed by atoms with E-state index in [1.165, 1.54) is 12.5 Å². The van der Waals surface area contributed by atoms with Gasteiger partial charge in [0.15, 0.2) is 6.04 Å². The number of hydrogen-bond donors (Lipinski definition) is 3. The molecule has 22 heavy (non-hydrogen) atoms. The lowest BCUT2D eigenvalue weighted by atomic mass is 10.1. The molecule has 0 amide bonds. The molecule has 0 radical (unpaired) electrons. The first-order chi connectivity index (χ1) is 10.5. The Bertz CT molecular complexity index is 711. The fourth-order valence-electron chi connectivity index (χ4n) is 1.74. The van der Waals surface area contributed by atoms with Crippen LogP contribution in [-0.2, 0) is 11.2 Å². The highest BCUT2D eigenvalue weighted by atomic mass is 16.6. The summed E-state index contributed by atoms with van der Waals surface area (Å²) in [7, 11) is 0. The average Bonchev–Trinajstić information content (AvgIpc) is 2.97. The molecule has 0 saturated heterocycles. The third-order valence-corrected chi connectivity index (χ3v) is 2.87. The van der Waals surface area contributed by atoms with E-state index in [1.807, 2.05) is 0 Å². The van der Waals surface area contributed by atoms with E-state index in [-0.39, 0.29) is 23.4 Å². The second kappa shape index (κ2) is 6.48. The summed E-state index contributed by atoms with van der Waals surface area (Å²) >= 11 is 0. The number of aliphatic carboxylic acids is 1. The number of phenolic OH excluding ortho intramolecular Hbond substituents is 1. The van der Waals surface area contributed by atoms with E-state index in [4.69, 9.17) is 5.11 Å². The number of nitro groups is 1. The number of aromatic hydroxyl groups is 1. The first kappa shape index (κ1) is 15.2. The molecular formula is C13H12N4O5. The van der Waals surface area contributed by atoms with Crippen LogP contribution in [0, 0.1) is 10.1 Å². The average molecular weight is 304 g/mol. The molecule has 2 rings (SSSR count). The van der Waals surface area contributed by atoms with Crippen LogP contribution in [-0.4, -0.2) is 43.3 Å². The van der Waals surface area contributed by atoms with Crippen molar-refractivity contribution >= 4 is 17.9 Å². The number of nitrogens with one attached hydrogen (secondary N) is 1. The maximum Gasteiger partial charge on any atom is 0.328 e. The van der Waals surface area contributed by atoms with Gasteiger partial charge in [0.05, 0.1) is 11.3 Å². The van der Waals surface area contributed by atoms with Crippen molar-refractivity contribution in [3.05, 3.63) is 52.1 Å². The van der Waals surface area contributed by atoms with Gasteiger partial charge in [0.1, 0.15) is 5.75 Å². The summed E-state index contributed by atoms with van der Waals surface area (Å²) in [6.07, 6.45) is 4.10. The molecule has 114 valence electrons. The molecule has 0 bridgehead atoms. The summed E-state index contributed by atoms with van der Waals surface area (Å²) in [5, 5.41) is 29.5. The fraction of sp³-hybridized carbons (Fsp3) is 0.154. The molecule has 1 aromatic heterocycles. The van der Waals surface area contributed by atoms with E-state index in [1.54, 1.807) is 0 Å². The van der Waals surface area contributed by atoms with Gasteiger partial charge in [-0.05, 0) is 6.07 Å². The number of hydrogen-bond acceptors (Lipinski definition) is 6. The van der Waals surface area contributed by atoms with Crippen LogP contribution in [0.15, 0.2) is 35.7 Å². The number of aromatic nitrogens is 2. The number of nitrogens with zero attached hydrogens (tertiary/aromatic N) is 3. The molecule has 2 aromatic rings. The van der Waals surface area contributed by atoms with E-state index in [2.05, 4.69) is 15.0 Å². The molecular weight excluding hydrogens is 292 g/mol. The standard InChI is InChI=1S/C13H12N4O5/c18-12-2-1-10(17(21)22)3-8(12)5-15-11(13(19)20)4-9-6-14-7-16-9/h1-3,5-7,11,18H,4H2,(H,14,16)(H,19,20). The zero-order valence-electron chi connectivity index (χ0n) is 11.2. The number of nitro benzene ring substituents is 1. The number of carbonyl (C=O) groups is 1. The van der Waals surface area contributed by atoms with Crippen LogP contribution < -0.4 is 0 Å². The third kappa shape index (κ3) is 3.66. The highest BCUT2D eigenvalue weighted by Gasteiger charge is 2.17. The number of benzene rings is 1. The molecule has 0 aliphatic heterocycles. The van der Waals surface area contributed by atoms with Gasteiger partial charge in [-0.25, -0.2) is 9.78 Å². The number of non-ortho nitro benzene ring substituents is 1. The number of rotatable bonds is 6. The Morgan fingerprint density at radius 1 is 1.55 bits per heavy atom. The maximum absolute atomic E-state index is 11.2. The van der Waals surface area contributed by atoms with Crippen LogP contribution >= 0.6 is 0 Å². The Hall–Kier alpha value is -3.23. The van der Waals surface area contributed by atoms with Gasteiger partial charge in [0.2, 0.25) is 0 Å². The molecule has 1 unspecified atom stereocenters. The molecule has 0 fully saturated rings. The van der Waals surface area contributed by atoms with Gasteiger partial charge < -0.3 is 15.2 Å². The zero-order chi connectivity index (χ0) is 16.1. The highest BCUT2D eigenvalue weighted by Crippen LogP contribution is 2.21. The van der Waals surface area contributed by atoms with E-state index in [0.717, 1.165) is 24.4 Å². The third-order valence-electron chi connectivity index (χ3n) is 2.87. The first-order valence-electron chi connectivity index (χ1n) is 6.18. The molecule has 9 nitrogen and oxygen atoms in total. The smallest absolute Gasteiger partial charge is 0.328 e. The largest absolute Gasteiger partial charge is 0.507 e. The van der Waals surface area contributed by atoms with Crippen LogP contribution in [0.25, 0.3) is 0 Å². The Labute approximate surface area is 124 Å². The maximum atomic E-state index is 11.2. The second-order valence-electron chi connectivity index (χ2n) is 4.41. The van der Waals surface area contributed by atoms with Gasteiger partial charge in [0.25, 0.3) is 5.69 Å². The number of carboxylic acid groups (broad SMARTS) is 1. The van der Waals surface area contributed by atoms with Gasteiger partial charge in [-0.3, -0.25) is 15.1 Å². The Morgan fingerprint density at radius 3 is 2.91 bits per heavy atom. The van der Waals surface area contributed by atoms with Crippen LogP contribution in [0.3, 0.4) is 0 Å². The Kier molecular flexibility index (Phi) is 4.47. The van der Waals surface area contributed by atoms with Crippen molar-refractivity contribution in [2.75, 3.05) is 0 Å². The minimum atomic E-state index is -1.16. The lowest BCUT2D eigenvalue weighted by Gasteiger charge is -2.06. The summed E-state index contributed by atoms with van der Waals surface area (Å²) in [4.78, 5) is 31.7. The lowest BCUT2D eigenvalue weighted by Crippen LogP contribution is -2.21. The number of aromatic amines is 1. The van der Waals surface area contributed by atoms with Crippen molar-refractivity contribution in [2.24, 2.45) is 4.99 Å². The molecule has 0 saturated carbocycles. The lowest BCUT2D eigenvalue weighted by molar-refractivity contribution is -0.384. The monoisotopic (exact) mass is 304 g/mol. The molecule has 0 aliphatic rings. The van der Waals surface area contributed by atoms with Gasteiger partial charge >= 0.3 is 5.97 Å². The van der Waals surface area contributed by atoms with Crippen molar-refractivity contribution in [1.29, 1.82) is 0 Å². The van der Waals surface area contributed by atoms with Crippen molar-refractivity contribution in [1.82, 2.24) is 9.97 Å². The molecule has 1 aromatic carbocycles. The van der Waals surface area contributed by atoms with E-state index >= 15 is 0 Å². The van der Waals surface area contributed by atoms with E-state index in [0.29, 0.717) is 5.69 Å². The predicted octanol–water partition coefficient (Wildman–Crippen LogP) is 1.14. The molecule has 3 N–H and O–H groups in total. The van der Waals surface area contributed by atoms with Crippen LogP contribution in [0.1, 0.15) is 11.3 Å². The number of carboxylic acids is 1. The van der Waals surface area contributed by atoms with Gasteiger partial charge in [-0.15, -0.1) is 0 Å².